The lowest BCUT2D eigenvalue weighted by Crippen LogP contribution is -2.25. The maximum atomic E-state index is 4.01. The lowest BCUT2D eigenvalue weighted by Gasteiger charge is -2.08. The first-order valence-corrected chi connectivity index (χ1v) is 4.88. The van der Waals surface area contributed by atoms with Crippen LogP contribution in [0.5, 0.6) is 0 Å². The lowest BCUT2D eigenvalue weighted by molar-refractivity contribution is 0.538. The fourth-order valence-corrected chi connectivity index (χ4v) is 1.77. The van der Waals surface area contributed by atoms with Crippen LogP contribution >= 0.6 is 0 Å². The molecule has 1 aliphatic heterocycles. The zero-order chi connectivity index (χ0) is 9.10. The highest BCUT2D eigenvalue weighted by molar-refractivity contribution is 4.89. The second-order valence-electron chi connectivity index (χ2n) is 3.41. The predicted molar refractivity (Wildman–Crippen MR) is 48.2 cm³/mol. The fraction of sp³-hybridized carbons (Fsp3) is 0.875. The van der Waals surface area contributed by atoms with E-state index in [4.69, 9.17) is 0 Å². The van der Waals surface area contributed by atoms with Gasteiger partial charge in [0.25, 0.3) is 0 Å². The standard InChI is InChI=1S/C8H15N5/c1-2-13-8(10-11-12-13)6-7-4-3-5-9-7/h7,9H,2-6H2,1H3. The average Bonchev–Trinajstić information content (AvgIpc) is 2.76. The number of nitrogens with one attached hydrogen (secondary N) is 1. The molecule has 1 fully saturated rings. The largest absolute Gasteiger partial charge is 0.314 e. The molecule has 1 aromatic rings. The molecule has 1 aromatic heterocycles. The van der Waals surface area contributed by atoms with Crippen molar-refractivity contribution in [2.45, 2.75) is 38.8 Å². The Hall–Kier alpha value is -0.970. The molecule has 1 saturated heterocycles. The van der Waals surface area contributed by atoms with Crippen LogP contribution in [0.4, 0.5) is 0 Å². The fourth-order valence-electron chi connectivity index (χ4n) is 1.77. The molecular weight excluding hydrogens is 166 g/mol. The molecule has 13 heavy (non-hydrogen) atoms. The predicted octanol–water partition coefficient (Wildman–Crippen LogP) is -0.0125. The SMILES string of the molecule is CCn1nnnc1CC1CCCN1. The highest BCUT2D eigenvalue weighted by Crippen LogP contribution is 2.09. The van der Waals surface area contributed by atoms with E-state index in [1.165, 1.54) is 12.8 Å². The molecule has 1 N–H and O–H groups in total. The number of rotatable bonds is 3. The molecule has 1 aliphatic rings. The highest BCUT2D eigenvalue weighted by atomic mass is 15.5. The van der Waals surface area contributed by atoms with Gasteiger partial charge in [-0.2, -0.15) is 0 Å². The van der Waals surface area contributed by atoms with E-state index in [2.05, 4.69) is 27.8 Å². The van der Waals surface area contributed by atoms with Gasteiger partial charge in [-0.1, -0.05) is 0 Å². The smallest absolute Gasteiger partial charge is 0.152 e. The molecule has 72 valence electrons. The summed E-state index contributed by atoms with van der Waals surface area (Å²) >= 11 is 0. The summed E-state index contributed by atoms with van der Waals surface area (Å²) in [5.41, 5.74) is 0. The first kappa shape index (κ1) is 8.62. The summed E-state index contributed by atoms with van der Waals surface area (Å²) in [5.74, 6) is 1.00. The van der Waals surface area contributed by atoms with E-state index >= 15 is 0 Å². The Morgan fingerprint density at radius 1 is 1.62 bits per heavy atom. The third-order valence-corrected chi connectivity index (χ3v) is 2.50. The Balaban J connectivity index is 1.99. The molecule has 0 saturated carbocycles. The molecule has 0 aromatic carbocycles. The number of aryl methyl sites for hydroxylation is 1. The van der Waals surface area contributed by atoms with E-state index in [1.807, 2.05) is 4.68 Å². The van der Waals surface area contributed by atoms with Crippen molar-refractivity contribution in [2.24, 2.45) is 0 Å². The van der Waals surface area contributed by atoms with Crippen molar-refractivity contribution in [3.8, 4) is 0 Å². The number of nitrogens with zero attached hydrogens (tertiary/aromatic N) is 4. The maximum Gasteiger partial charge on any atom is 0.152 e. The van der Waals surface area contributed by atoms with Gasteiger partial charge in [-0.05, 0) is 36.7 Å². The van der Waals surface area contributed by atoms with Gasteiger partial charge in [0, 0.05) is 19.0 Å². The molecular formula is C8H15N5. The molecule has 1 unspecified atom stereocenters. The van der Waals surface area contributed by atoms with Crippen LogP contribution in [-0.2, 0) is 13.0 Å². The topological polar surface area (TPSA) is 55.6 Å². The minimum absolute atomic E-state index is 0.580. The zero-order valence-electron chi connectivity index (χ0n) is 7.90. The van der Waals surface area contributed by atoms with Gasteiger partial charge in [-0.15, -0.1) is 5.10 Å². The second kappa shape index (κ2) is 3.83. The van der Waals surface area contributed by atoms with Gasteiger partial charge in [0.2, 0.25) is 0 Å². The van der Waals surface area contributed by atoms with Crippen molar-refractivity contribution in [3.05, 3.63) is 5.82 Å². The number of tetrazole rings is 1. The number of hydrogen-bond acceptors (Lipinski definition) is 4. The van der Waals surface area contributed by atoms with Gasteiger partial charge in [0.05, 0.1) is 0 Å². The minimum Gasteiger partial charge on any atom is -0.314 e. The molecule has 0 bridgehead atoms. The Morgan fingerprint density at radius 2 is 2.54 bits per heavy atom. The van der Waals surface area contributed by atoms with Crippen LogP contribution < -0.4 is 5.32 Å². The number of aromatic nitrogens is 4. The third kappa shape index (κ3) is 1.85. The van der Waals surface area contributed by atoms with Crippen LogP contribution in [0, 0.1) is 0 Å². The van der Waals surface area contributed by atoms with Gasteiger partial charge < -0.3 is 5.32 Å². The van der Waals surface area contributed by atoms with Crippen molar-refractivity contribution >= 4 is 0 Å². The summed E-state index contributed by atoms with van der Waals surface area (Å²) in [4.78, 5) is 0. The Kier molecular flexibility index (Phi) is 2.54. The van der Waals surface area contributed by atoms with Gasteiger partial charge in [0.1, 0.15) is 0 Å². The van der Waals surface area contributed by atoms with Crippen LogP contribution in [0.15, 0.2) is 0 Å². The van der Waals surface area contributed by atoms with Crippen molar-refractivity contribution in [1.29, 1.82) is 0 Å². The summed E-state index contributed by atoms with van der Waals surface area (Å²) in [5, 5.41) is 15.0. The Morgan fingerprint density at radius 3 is 3.23 bits per heavy atom. The van der Waals surface area contributed by atoms with Crippen LogP contribution in [0.3, 0.4) is 0 Å². The quantitative estimate of drug-likeness (QED) is 0.712. The first-order chi connectivity index (χ1) is 6.40. The van der Waals surface area contributed by atoms with Crippen LogP contribution in [0.2, 0.25) is 0 Å². The lowest BCUT2D eigenvalue weighted by atomic mass is 10.1. The summed E-state index contributed by atoms with van der Waals surface area (Å²) in [6.45, 7) is 4.05. The third-order valence-electron chi connectivity index (χ3n) is 2.50. The molecule has 0 aliphatic carbocycles. The summed E-state index contributed by atoms with van der Waals surface area (Å²) in [6, 6.07) is 0.580. The van der Waals surface area contributed by atoms with Crippen LogP contribution in [-0.4, -0.2) is 32.8 Å². The van der Waals surface area contributed by atoms with Gasteiger partial charge in [0.15, 0.2) is 5.82 Å². The molecule has 2 rings (SSSR count). The summed E-state index contributed by atoms with van der Waals surface area (Å²) in [6.07, 6.45) is 3.48. The monoisotopic (exact) mass is 181 g/mol. The normalized spacial score (nSPS) is 22.4. The molecule has 1 atom stereocenters. The van der Waals surface area contributed by atoms with E-state index in [-0.39, 0.29) is 0 Å². The van der Waals surface area contributed by atoms with Gasteiger partial charge >= 0.3 is 0 Å². The average molecular weight is 181 g/mol. The molecule has 0 amide bonds. The van der Waals surface area contributed by atoms with Crippen molar-refractivity contribution in [3.63, 3.8) is 0 Å². The van der Waals surface area contributed by atoms with E-state index in [0.29, 0.717) is 6.04 Å². The van der Waals surface area contributed by atoms with Crippen LogP contribution in [0.1, 0.15) is 25.6 Å². The second-order valence-corrected chi connectivity index (χ2v) is 3.41. The number of hydrogen-bond donors (Lipinski definition) is 1. The van der Waals surface area contributed by atoms with E-state index < -0.39 is 0 Å². The van der Waals surface area contributed by atoms with Crippen molar-refractivity contribution < 1.29 is 0 Å². The molecule has 5 nitrogen and oxygen atoms in total. The zero-order valence-corrected chi connectivity index (χ0v) is 7.90. The van der Waals surface area contributed by atoms with Crippen molar-refractivity contribution in [1.82, 2.24) is 25.5 Å². The Bertz CT molecular complexity index is 263. The molecule has 0 radical (unpaired) electrons. The maximum absolute atomic E-state index is 4.01. The van der Waals surface area contributed by atoms with E-state index in [9.17, 15) is 0 Å². The first-order valence-electron chi connectivity index (χ1n) is 4.88. The van der Waals surface area contributed by atoms with Gasteiger partial charge in [-0.25, -0.2) is 4.68 Å². The minimum atomic E-state index is 0.580. The van der Waals surface area contributed by atoms with E-state index in [1.54, 1.807) is 0 Å². The summed E-state index contributed by atoms with van der Waals surface area (Å²) in [7, 11) is 0. The van der Waals surface area contributed by atoms with Gasteiger partial charge in [-0.3, -0.25) is 0 Å². The Labute approximate surface area is 77.5 Å². The summed E-state index contributed by atoms with van der Waals surface area (Å²) < 4.78 is 1.86. The molecule has 0 spiro atoms. The molecule has 5 heteroatoms. The van der Waals surface area contributed by atoms with E-state index in [0.717, 1.165) is 25.3 Å². The van der Waals surface area contributed by atoms with Crippen molar-refractivity contribution in [2.75, 3.05) is 6.54 Å². The van der Waals surface area contributed by atoms with Crippen LogP contribution in [0.25, 0.3) is 0 Å². The highest BCUT2D eigenvalue weighted by Gasteiger charge is 2.17. The molecule has 2 heterocycles.